The minimum atomic E-state index is -1.17. The molecular formula is C20H24ClFN6O2S. The molecule has 0 spiro atoms. The average molecular weight is 467 g/mol. The quantitative estimate of drug-likeness (QED) is 0.731. The van der Waals surface area contributed by atoms with E-state index in [1.807, 2.05) is 4.90 Å². The summed E-state index contributed by atoms with van der Waals surface area (Å²) in [6.07, 6.45) is 6.75. The Bertz CT molecular complexity index is 987. The van der Waals surface area contributed by atoms with Crippen LogP contribution in [0.5, 0.6) is 0 Å². The fourth-order valence-electron chi connectivity index (χ4n) is 4.70. The van der Waals surface area contributed by atoms with E-state index in [9.17, 15) is 9.32 Å². The van der Waals surface area contributed by atoms with Crippen molar-refractivity contribution in [1.82, 2.24) is 19.9 Å². The SMILES string of the molecule is O=S1CCN(C2(CO)CCC2)c2nc(N3CCC(c4ncc(Cl)cn4)C(F)C3)ncc21. The number of piperidine rings is 1. The van der Waals surface area contributed by atoms with Gasteiger partial charge in [0.25, 0.3) is 0 Å². The smallest absolute Gasteiger partial charge is 0.227 e. The molecule has 2 fully saturated rings. The van der Waals surface area contributed by atoms with E-state index in [0.717, 1.165) is 19.3 Å². The number of halogens is 2. The van der Waals surface area contributed by atoms with Gasteiger partial charge < -0.3 is 14.9 Å². The highest BCUT2D eigenvalue weighted by Gasteiger charge is 2.45. The number of hydrogen-bond acceptors (Lipinski definition) is 8. The van der Waals surface area contributed by atoms with Crippen molar-refractivity contribution in [3.05, 3.63) is 29.4 Å². The van der Waals surface area contributed by atoms with Crippen molar-refractivity contribution in [1.29, 1.82) is 0 Å². The van der Waals surface area contributed by atoms with Gasteiger partial charge in [0.05, 0.1) is 51.5 Å². The molecule has 1 aliphatic carbocycles. The van der Waals surface area contributed by atoms with Gasteiger partial charge in [0.1, 0.15) is 12.0 Å². The molecule has 0 aromatic carbocycles. The highest BCUT2D eigenvalue weighted by molar-refractivity contribution is 7.85. The van der Waals surface area contributed by atoms with Crippen LogP contribution in [0.3, 0.4) is 0 Å². The Kier molecular flexibility index (Phi) is 5.56. The Morgan fingerprint density at radius 2 is 2.00 bits per heavy atom. The number of aromatic nitrogens is 4. The van der Waals surface area contributed by atoms with Crippen LogP contribution in [0.4, 0.5) is 16.2 Å². The van der Waals surface area contributed by atoms with Crippen LogP contribution in [0.25, 0.3) is 0 Å². The summed E-state index contributed by atoms with van der Waals surface area (Å²) in [5, 5.41) is 10.5. The highest BCUT2D eigenvalue weighted by atomic mass is 35.5. The summed E-state index contributed by atoms with van der Waals surface area (Å²) < 4.78 is 27.6. The number of aliphatic hydroxyl groups is 1. The van der Waals surface area contributed by atoms with Gasteiger partial charge in [-0.05, 0) is 25.7 Å². The molecule has 0 amide bonds. The Morgan fingerprint density at radius 1 is 1.23 bits per heavy atom. The van der Waals surface area contributed by atoms with Crippen molar-refractivity contribution in [3.63, 3.8) is 0 Å². The molecule has 4 heterocycles. The highest BCUT2D eigenvalue weighted by Crippen LogP contribution is 2.43. The molecule has 2 aromatic rings. The topological polar surface area (TPSA) is 95.3 Å². The molecule has 0 radical (unpaired) electrons. The van der Waals surface area contributed by atoms with E-state index in [4.69, 9.17) is 16.6 Å². The number of nitrogens with zero attached hydrogens (tertiary/aromatic N) is 6. The fourth-order valence-corrected chi connectivity index (χ4v) is 5.90. The number of hydrogen-bond donors (Lipinski definition) is 1. The van der Waals surface area contributed by atoms with Crippen LogP contribution >= 0.6 is 11.6 Å². The van der Waals surface area contributed by atoms with Crippen LogP contribution in [-0.2, 0) is 10.8 Å². The van der Waals surface area contributed by atoms with Gasteiger partial charge >= 0.3 is 0 Å². The summed E-state index contributed by atoms with van der Waals surface area (Å²) in [6, 6.07) is 0. The Labute approximate surface area is 187 Å². The van der Waals surface area contributed by atoms with Crippen LogP contribution in [0.1, 0.15) is 37.4 Å². The fraction of sp³-hybridized carbons (Fsp3) is 0.600. The van der Waals surface area contributed by atoms with Gasteiger partial charge in [-0.25, -0.2) is 19.3 Å². The molecule has 0 bridgehead atoms. The third kappa shape index (κ3) is 3.68. The monoisotopic (exact) mass is 466 g/mol. The van der Waals surface area contributed by atoms with Crippen molar-refractivity contribution >= 4 is 34.2 Å². The lowest BCUT2D eigenvalue weighted by Crippen LogP contribution is -2.59. The second-order valence-corrected chi connectivity index (χ2v) is 10.4. The molecule has 11 heteroatoms. The van der Waals surface area contributed by atoms with Crippen LogP contribution in [0.15, 0.2) is 23.5 Å². The first-order valence-electron chi connectivity index (χ1n) is 10.5. The molecule has 8 nitrogen and oxygen atoms in total. The number of aliphatic hydroxyl groups excluding tert-OH is 1. The summed E-state index contributed by atoms with van der Waals surface area (Å²) in [5.74, 6) is 1.59. The number of fused-ring (bicyclic) bond motifs is 1. The molecule has 2 aromatic heterocycles. The molecule has 31 heavy (non-hydrogen) atoms. The summed E-state index contributed by atoms with van der Waals surface area (Å²) in [7, 11) is -1.17. The average Bonchev–Trinajstić information content (AvgIpc) is 2.75. The maximum atomic E-state index is 15.1. The standard InChI is InChI=1S/C20H24ClFN6O2S/c21-13-8-23-17(24-9-13)14-2-5-27(11-15(14)22)19-25-10-16-18(26-19)28(6-7-31(16)30)20(12-29)3-1-4-20/h8-10,14-15,29H,1-7,11-12H2. The van der Waals surface area contributed by atoms with Crippen molar-refractivity contribution in [2.75, 3.05) is 41.8 Å². The van der Waals surface area contributed by atoms with Gasteiger partial charge in [-0.15, -0.1) is 0 Å². The van der Waals surface area contributed by atoms with Gasteiger partial charge in [0.2, 0.25) is 5.95 Å². The molecule has 166 valence electrons. The second-order valence-electron chi connectivity index (χ2n) is 8.41. The maximum Gasteiger partial charge on any atom is 0.227 e. The second kappa shape index (κ2) is 8.22. The number of alkyl halides is 1. The summed E-state index contributed by atoms with van der Waals surface area (Å²) in [5.41, 5.74) is -0.341. The predicted molar refractivity (Wildman–Crippen MR) is 116 cm³/mol. The Balaban J connectivity index is 1.39. The van der Waals surface area contributed by atoms with Crippen LogP contribution < -0.4 is 9.80 Å². The third-order valence-electron chi connectivity index (χ3n) is 6.67. The van der Waals surface area contributed by atoms with E-state index in [1.165, 1.54) is 12.4 Å². The van der Waals surface area contributed by atoms with Crippen molar-refractivity contribution < 1.29 is 13.7 Å². The van der Waals surface area contributed by atoms with Gasteiger partial charge in [0, 0.05) is 31.2 Å². The van der Waals surface area contributed by atoms with E-state index in [2.05, 4.69) is 19.9 Å². The molecule has 1 saturated heterocycles. The van der Waals surface area contributed by atoms with E-state index in [-0.39, 0.29) is 18.7 Å². The lowest BCUT2D eigenvalue weighted by atomic mass is 9.76. The molecule has 1 N–H and O–H groups in total. The van der Waals surface area contributed by atoms with Crippen LogP contribution in [0.2, 0.25) is 5.02 Å². The minimum Gasteiger partial charge on any atom is -0.394 e. The summed E-state index contributed by atoms with van der Waals surface area (Å²) in [6.45, 7) is 1.31. The number of rotatable bonds is 4. The minimum absolute atomic E-state index is 0.0391. The van der Waals surface area contributed by atoms with E-state index in [1.54, 1.807) is 6.20 Å². The lowest BCUT2D eigenvalue weighted by molar-refractivity contribution is 0.115. The zero-order valence-electron chi connectivity index (χ0n) is 17.0. The molecule has 3 aliphatic rings. The molecular weight excluding hydrogens is 443 g/mol. The van der Waals surface area contributed by atoms with Crippen LogP contribution in [0, 0.1) is 0 Å². The first-order chi connectivity index (χ1) is 15.0. The Morgan fingerprint density at radius 3 is 2.65 bits per heavy atom. The molecule has 1 saturated carbocycles. The van der Waals surface area contributed by atoms with Crippen molar-refractivity contribution in [3.8, 4) is 0 Å². The van der Waals surface area contributed by atoms with Gasteiger partial charge in [-0.1, -0.05) is 11.6 Å². The first kappa shape index (κ1) is 21.0. The largest absolute Gasteiger partial charge is 0.394 e. The summed E-state index contributed by atoms with van der Waals surface area (Å²) in [4.78, 5) is 22.0. The number of anilines is 2. The summed E-state index contributed by atoms with van der Waals surface area (Å²) >= 11 is 5.84. The zero-order valence-corrected chi connectivity index (χ0v) is 18.5. The molecule has 3 unspecified atom stereocenters. The predicted octanol–water partition coefficient (Wildman–Crippen LogP) is 2.09. The lowest BCUT2D eigenvalue weighted by Gasteiger charge is -2.51. The third-order valence-corrected chi connectivity index (χ3v) is 8.20. The first-order valence-corrected chi connectivity index (χ1v) is 12.2. The van der Waals surface area contributed by atoms with Gasteiger partial charge in [0.15, 0.2) is 5.82 Å². The van der Waals surface area contributed by atoms with Gasteiger partial charge in [-0.2, -0.15) is 4.98 Å². The molecule has 2 aliphatic heterocycles. The zero-order chi connectivity index (χ0) is 21.6. The van der Waals surface area contributed by atoms with E-state index < -0.39 is 22.9 Å². The normalized spacial score (nSPS) is 27.5. The molecule has 3 atom stereocenters. The molecule has 5 rings (SSSR count). The van der Waals surface area contributed by atoms with Crippen molar-refractivity contribution in [2.45, 2.75) is 48.2 Å². The van der Waals surface area contributed by atoms with Crippen LogP contribution in [-0.4, -0.2) is 73.0 Å². The Hall–Kier alpha value is -1.91. The maximum absolute atomic E-state index is 15.1. The van der Waals surface area contributed by atoms with E-state index in [0.29, 0.717) is 52.8 Å². The van der Waals surface area contributed by atoms with Gasteiger partial charge in [-0.3, -0.25) is 4.21 Å². The van der Waals surface area contributed by atoms with E-state index >= 15 is 4.39 Å². The van der Waals surface area contributed by atoms with Crippen molar-refractivity contribution in [2.24, 2.45) is 0 Å².